The van der Waals surface area contributed by atoms with Crippen LogP contribution in [0.5, 0.6) is 0 Å². The van der Waals surface area contributed by atoms with Gasteiger partial charge >= 0.3 is 17.6 Å². The molecule has 12 nitrogen and oxygen atoms in total. The van der Waals surface area contributed by atoms with Crippen LogP contribution in [0.3, 0.4) is 0 Å². The van der Waals surface area contributed by atoms with Gasteiger partial charge in [-0.3, -0.25) is 14.4 Å². The molecule has 1 N–H and O–H groups in total. The zero-order valence-corrected chi connectivity index (χ0v) is 19.7. The fourth-order valence-corrected chi connectivity index (χ4v) is 4.16. The van der Waals surface area contributed by atoms with Crippen LogP contribution in [0.25, 0.3) is 16.7 Å². The van der Waals surface area contributed by atoms with Gasteiger partial charge in [0.2, 0.25) is 11.6 Å². The molecule has 3 heterocycles. The summed E-state index contributed by atoms with van der Waals surface area (Å²) < 4.78 is 12.4. The Hall–Kier alpha value is -3.96. The number of hydrogen-bond acceptors (Lipinski definition) is 9. The first-order chi connectivity index (χ1) is 16.9. The molecule has 186 valence electrons. The quantitative estimate of drug-likeness (QED) is 0.453. The average Bonchev–Trinajstić information content (AvgIpc) is 3.18. The second-order valence-electron chi connectivity index (χ2n) is 8.12. The molecule has 12 heteroatoms. The third-order valence-electron chi connectivity index (χ3n) is 5.83. The molecule has 0 atom stereocenters. The minimum Gasteiger partial charge on any atom is -0.466 e. The van der Waals surface area contributed by atoms with Crippen LogP contribution in [0.4, 0.5) is 5.82 Å². The van der Waals surface area contributed by atoms with E-state index in [-0.39, 0.29) is 31.6 Å². The molecule has 3 aromatic rings. The number of rotatable bonds is 8. The lowest BCUT2D eigenvalue weighted by Crippen LogP contribution is -2.37. The standard InChI is InChI=1S/C23H28N6O6/c1-3-34-19(31)13-24-18(30)14-28-23(33)29-17-8-6-5-7-16(17)25-20(21(29)26-28)27-11-9-15(10-12-27)22(32)35-4-2/h5-8,15H,3-4,9-14H2,1-2H3,(H,24,30). The molecule has 0 spiro atoms. The van der Waals surface area contributed by atoms with E-state index in [0.717, 1.165) is 4.68 Å². The van der Waals surface area contributed by atoms with Crippen LogP contribution in [0.2, 0.25) is 0 Å². The molecule has 0 unspecified atom stereocenters. The summed E-state index contributed by atoms with van der Waals surface area (Å²) in [6.07, 6.45) is 1.20. The molecule has 0 aliphatic carbocycles. The normalized spacial score (nSPS) is 14.3. The number of nitrogens with zero attached hydrogens (tertiary/aromatic N) is 5. The van der Waals surface area contributed by atoms with E-state index in [2.05, 4.69) is 10.4 Å². The molecule has 1 aromatic carbocycles. The van der Waals surface area contributed by atoms with E-state index in [0.29, 0.717) is 55.0 Å². The Kier molecular flexibility index (Phi) is 7.28. The van der Waals surface area contributed by atoms with Crippen molar-refractivity contribution in [2.24, 2.45) is 5.92 Å². The zero-order chi connectivity index (χ0) is 24.9. The topological polar surface area (TPSA) is 137 Å². The summed E-state index contributed by atoms with van der Waals surface area (Å²) in [5.74, 6) is -0.970. The van der Waals surface area contributed by atoms with Gasteiger partial charge in [-0.25, -0.2) is 18.9 Å². The number of piperidine rings is 1. The first kappa shape index (κ1) is 24.2. The van der Waals surface area contributed by atoms with Crippen LogP contribution < -0.4 is 15.9 Å². The third kappa shape index (κ3) is 5.10. The van der Waals surface area contributed by atoms with Crippen molar-refractivity contribution in [3.8, 4) is 0 Å². The highest BCUT2D eigenvalue weighted by Crippen LogP contribution is 2.27. The molecule has 1 amide bonds. The third-order valence-corrected chi connectivity index (χ3v) is 5.83. The Bertz CT molecular complexity index is 1310. The van der Waals surface area contributed by atoms with Crippen molar-refractivity contribution >= 4 is 40.3 Å². The fourth-order valence-electron chi connectivity index (χ4n) is 4.16. The molecule has 4 rings (SSSR count). The largest absolute Gasteiger partial charge is 0.466 e. The fraction of sp³-hybridized carbons (Fsp3) is 0.478. The number of aromatic nitrogens is 4. The van der Waals surface area contributed by atoms with Gasteiger partial charge in [0.05, 0.1) is 30.2 Å². The van der Waals surface area contributed by atoms with Crippen molar-refractivity contribution in [3.63, 3.8) is 0 Å². The first-order valence-corrected chi connectivity index (χ1v) is 11.6. The van der Waals surface area contributed by atoms with E-state index in [1.807, 2.05) is 11.0 Å². The molecule has 35 heavy (non-hydrogen) atoms. The minimum atomic E-state index is -0.563. The second-order valence-corrected chi connectivity index (χ2v) is 8.12. The summed E-state index contributed by atoms with van der Waals surface area (Å²) in [5, 5.41) is 6.85. The van der Waals surface area contributed by atoms with Crippen molar-refractivity contribution in [3.05, 3.63) is 34.7 Å². The van der Waals surface area contributed by atoms with Crippen LogP contribution in [-0.4, -0.2) is 69.9 Å². The number of esters is 2. The summed E-state index contributed by atoms with van der Waals surface area (Å²) >= 11 is 0. The first-order valence-electron chi connectivity index (χ1n) is 11.6. The van der Waals surface area contributed by atoms with Crippen molar-refractivity contribution < 1.29 is 23.9 Å². The average molecular weight is 485 g/mol. The Labute approximate surface area is 200 Å². The Morgan fingerprint density at radius 1 is 1.09 bits per heavy atom. The highest BCUT2D eigenvalue weighted by molar-refractivity contribution is 5.84. The lowest BCUT2D eigenvalue weighted by molar-refractivity contribution is -0.148. The summed E-state index contributed by atoms with van der Waals surface area (Å²) in [4.78, 5) is 56.0. The van der Waals surface area contributed by atoms with Gasteiger partial charge in [-0.15, -0.1) is 5.10 Å². The maximum absolute atomic E-state index is 13.3. The number of amides is 1. The second kappa shape index (κ2) is 10.5. The van der Waals surface area contributed by atoms with Crippen molar-refractivity contribution in [2.45, 2.75) is 33.2 Å². The van der Waals surface area contributed by atoms with E-state index < -0.39 is 17.6 Å². The van der Waals surface area contributed by atoms with Gasteiger partial charge < -0.3 is 19.7 Å². The van der Waals surface area contributed by atoms with Gasteiger partial charge in [-0.05, 0) is 38.8 Å². The molecule has 1 aliphatic heterocycles. The van der Waals surface area contributed by atoms with Crippen LogP contribution in [0.15, 0.2) is 29.1 Å². The summed E-state index contributed by atoms with van der Waals surface area (Å²) in [6, 6.07) is 7.19. The molecule has 0 bridgehead atoms. The Balaban J connectivity index is 1.64. The number of carbonyl (C=O) groups excluding carboxylic acids is 3. The summed E-state index contributed by atoms with van der Waals surface area (Å²) in [7, 11) is 0. The lowest BCUT2D eigenvalue weighted by atomic mass is 9.97. The Morgan fingerprint density at radius 2 is 1.80 bits per heavy atom. The summed E-state index contributed by atoms with van der Waals surface area (Å²) in [5.41, 5.74) is 1.00. The van der Waals surface area contributed by atoms with E-state index in [9.17, 15) is 19.2 Å². The molecular formula is C23H28N6O6. The highest BCUT2D eigenvalue weighted by Gasteiger charge is 2.29. The maximum atomic E-state index is 13.3. The monoisotopic (exact) mass is 484 g/mol. The number of fused-ring (bicyclic) bond motifs is 3. The van der Waals surface area contributed by atoms with Crippen molar-refractivity contribution in [1.29, 1.82) is 0 Å². The smallest absolute Gasteiger partial charge is 0.351 e. The van der Waals surface area contributed by atoms with Crippen molar-refractivity contribution in [2.75, 3.05) is 37.7 Å². The maximum Gasteiger partial charge on any atom is 0.351 e. The highest BCUT2D eigenvalue weighted by atomic mass is 16.5. The number of hydrogen-bond donors (Lipinski definition) is 1. The van der Waals surface area contributed by atoms with Gasteiger partial charge in [-0.1, -0.05) is 12.1 Å². The number of benzene rings is 1. The molecule has 1 saturated heterocycles. The predicted octanol–water partition coefficient (Wildman–Crippen LogP) is 0.503. The minimum absolute atomic E-state index is 0.175. The van der Waals surface area contributed by atoms with Gasteiger partial charge in [0.15, 0.2) is 5.82 Å². The van der Waals surface area contributed by atoms with E-state index >= 15 is 0 Å². The molecule has 0 saturated carbocycles. The van der Waals surface area contributed by atoms with Gasteiger partial charge in [0, 0.05) is 13.1 Å². The number of nitrogens with one attached hydrogen (secondary N) is 1. The van der Waals surface area contributed by atoms with Crippen LogP contribution in [0, 0.1) is 5.92 Å². The van der Waals surface area contributed by atoms with Crippen LogP contribution in [-0.2, 0) is 30.4 Å². The SMILES string of the molecule is CCOC(=O)CNC(=O)Cn1nc2c(N3CCC(C(=O)OCC)CC3)nc3ccccc3n2c1=O. The molecular weight excluding hydrogens is 456 g/mol. The van der Waals surface area contributed by atoms with E-state index in [4.69, 9.17) is 14.5 Å². The predicted molar refractivity (Wildman–Crippen MR) is 126 cm³/mol. The lowest BCUT2D eigenvalue weighted by Gasteiger charge is -2.31. The molecule has 1 fully saturated rings. The number of para-hydroxylation sites is 2. The van der Waals surface area contributed by atoms with Crippen LogP contribution >= 0.6 is 0 Å². The van der Waals surface area contributed by atoms with E-state index in [1.165, 1.54) is 4.40 Å². The van der Waals surface area contributed by atoms with Gasteiger partial charge in [0.25, 0.3) is 0 Å². The molecule has 0 radical (unpaired) electrons. The van der Waals surface area contributed by atoms with Gasteiger partial charge in [0.1, 0.15) is 13.1 Å². The number of ether oxygens (including phenoxy) is 2. The number of carbonyl (C=O) groups is 3. The molecule has 2 aromatic heterocycles. The van der Waals surface area contributed by atoms with Crippen molar-refractivity contribution in [1.82, 2.24) is 24.5 Å². The molecule has 1 aliphatic rings. The number of anilines is 1. The van der Waals surface area contributed by atoms with E-state index in [1.54, 1.807) is 32.0 Å². The zero-order valence-electron chi connectivity index (χ0n) is 19.7. The summed E-state index contributed by atoms with van der Waals surface area (Å²) in [6.45, 7) is 4.45. The van der Waals surface area contributed by atoms with Crippen LogP contribution in [0.1, 0.15) is 26.7 Å². The van der Waals surface area contributed by atoms with Gasteiger partial charge in [-0.2, -0.15) is 0 Å². The Morgan fingerprint density at radius 3 is 2.51 bits per heavy atom.